The first-order valence-corrected chi connectivity index (χ1v) is 13.8. The third-order valence-corrected chi connectivity index (χ3v) is 7.99. The van der Waals surface area contributed by atoms with E-state index in [0.29, 0.717) is 12.8 Å². The van der Waals surface area contributed by atoms with Crippen LogP contribution in [0.25, 0.3) is 10.9 Å². The molecule has 226 valence electrons. The van der Waals surface area contributed by atoms with E-state index in [9.17, 15) is 18.0 Å². The molecule has 2 fully saturated rings. The van der Waals surface area contributed by atoms with E-state index in [-0.39, 0.29) is 11.4 Å². The summed E-state index contributed by atoms with van der Waals surface area (Å²) in [5.41, 5.74) is 2.08. The minimum absolute atomic E-state index is 0.0609. The molecule has 1 atom stereocenters. The van der Waals surface area contributed by atoms with Gasteiger partial charge in [-0.05, 0) is 62.3 Å². The van der Waals surface area contributed by atoms with E-state index in [1.807, 2.05) is 24.3 Å². The molecule has 3 heterocycles. The molecule has 1 unspecified atom stereocenters. The summed E-state index contributed by atoms with van der Waals surface area (Å²) in [6, 6.07) is 14.0. The molecule has 2 aliphatic heterocycles. The number of carboxylic acid groups (broad SMARTS) is 1. The van der Waals surface area contributed by atoms with Gasteiger partial charge in [-0.1, -0.05) is 18.2 Å². The summed E-state index contributed by atoms with van der Waals surface area (Å²) in [5.74, 6) is 0.0295. The van der Waals surface area contributed by atoms with Gasteiger partial charge in [0.2, 0.25) is 5.91 Å². The van der Waals surface area contributed by atoms with Gasteiger partial charge in [0.1, 0.15) is 23.6 Å². The first-order chi connectivity index (χ1) is 20.1. The van der Waals surface area contributed by atoms with Crippen LogP contribution in [0, 0.1) is 0 Å². The average Bonchev–Trinajstić information content (AvgIpc) is 3.27. The lowest BCUT2D eigenvalue weighted by Crippen LogP contribution is -2.45. The van der Waals surface area contributed by atoms with E-state index in [2.05, 4.69) is 33.0 Å². The maximum atomic E-state index is 13.2. The number of hydrogen-bond donors (Lipinski definition) is 1. The van der Waals surface area contributed by atoms with Gasteiger partial charge in [0.15, 0.2) is 0 Å². The van der Waals surface area contributed by atoms with Crippen LogP contribution < -0.4 is 14.4 Å². The lowest BCUT2D eigenvalue weighted by molar-refractivity contribution is -0.192. The molecule has 2 aromatic carbocycles. The number of para-hydroxylation sites is 1. The fourth-order valence-corrected chi connectivity index (χ4v) is 5.88. The van der Waals surface area contributed by atoms with Crippen LogP contribution in [0.2, 0.25) is 0 Å². The van der Waals surface area contributed by atoms with Gasteiger partial charge in [0.05, 0.1) is 19.7 Å². The Morgan fingerprint density at radius 3 is 2.38 bits per heavy atom. The Labute approximate surface area is 242 Å². The summed E-state index contributed by atoms with van der Waals surface area (Å²) in [6.45, 7) is 2.61. The lowest BCUT2D eigenvalue weighted by Gasteiger charge is -2.39. The molecule has 5 rings (SSSR count). The van der Waals surface area contributed by atoms with E-state index in [1.165, 1.54) is 0 Å². The Balaban J connectivity index is 0.000000517. The number of likely N-dealkylation sites (tertiary alicyclic amines) is 1. The highest BCUT2D eigenvalue weighted by Gasteiger charge is 2.43. The van der Waals surface area contributed by atoms with Crippen molar-refractivity contribution in [3.63, 3.8) is 0 Å². The number of halogens is 3. The van der Waals surface area contributed by atoms with Crippen molar-refractivity contribution in [3.05, 3.63) is 54.4 Å². The van der Waals surface area contributed by atoms with Gasteiger partial charge in [0.25, 0.3) is 0 Å². The summed E-state index contributed by atoms with van der Waals surface area (Å²) < 4.78 is 42.5. The van der Waals surface area contributed by atoms with Gasteiger partial charge in [-0.25, -0.2) is 14.8 Å². The summed E-state index contributed by atoms with van der Waals surface area (Å²) in [5, 5.41) is 8.24. The molecule has 0 bridgehead atoms. The van der Waals surface area contributed by atoms with Gasteiger partial charge in [-0.2, -0.15) is 13.2 Å². The zero-order chi connectivity index (χ0) is 30.3. The molecule has 42 heavy (non-hydrogen) atoms. The Morgan fingerprint density at radius 2 is 1.69 bits per heavy atom. The summed E-state index contributed by atoms with van der Waals surface area (Å²) in [7, 11) is 3.30. The van der Waals surface area contributed by atoms with Crippen molar-refractivity contribution >= 4 is 28.6 Å². The normalized spacial score (nSPS) is 18.8. The molecule has 1 N–H and O–H groups in total. The van der Waals surface area contributed by atoms with Crippen molar-refractivity contribution in [2.75, 3.05) is 38.8 Å². The first-order valence-electron chi connectivity index (χ1n) is 13.8. The molecular weight excluding hydrogens is 553 g/mol. The number of aromatic nitrogens is 2. The highest BCUT2D eigenvalue weighted by Crippen LogP contribution is 2.42. The smallest absolute Gasteiger partial charge is 0.490 e. The number of nitrogens with zero attached hydrogens (tertiary/aromatic N) is 4. The second kappa shape index (κ2) is 13.3. The molecule has 9 nitrogen and oxygen atoms in total. The minimum Gasteiger partial charge on any atom is -0.497 e. The predicted octanol–water partition coefficient (Wildman–Crippen LogP) is 5.26. The number of aryl methyl sites for hydroxylation is 1. The Hall–Kier alpha value is -4.09. The maximum absolute atomic E-state index is 13.2. The van der Waals surface area contributed by atoms with Crippen molar-refractivity contribution in [1.82, 2.24) is 14.9 Å². The lowest BCUT2D eigenvalue weighted by atomic mass is 9.87. The van der Waals surface area contributed by atoms with Crippen molar-refractivity contribution in [1.29, 1.82) is 0 Å². The third-order valence-electron chi connectivity index (χ3n) is 7.99. The first kappa shape index (κ1) is 30.9. The standard InChI is InChI=1S/C28H34N4O3.C2HF3O2/c1-34-22-11-9-21(25(19-22)35-2)10-12-26(33)31-16-5-13-28(15-18-31)14-6-17-32(28)27-23-7-3-4-8-24(23)29-20-30-27;3-2(4,5)1(6)7/h3-4,7-9,11,19-20H,5-6,10,12-18H2,1-2H3;(H,6,7). The highest BCUT2D eigenvalue weighted by atomic mass is 19.4. The number of fused-ring (bicyclic) bond motifs is 1. The van der Waals surface area contributed by atoms with Gasteiger partial charge in [-0.15, -0.1) is 0 Å². The number of hydrogen-bond acceptors (Lipinski definition) is 7. The molecule has 0 saturated carbocycles. The topological polar surface area (TPSA) is 105 Å². The van der Waals surface area contributed by atoms with Crippen molar-refractivity contribution in [3.8, 4) is 11.5 Å². The number of methoxy groups -OCH3 is 2. The maximum Gasteiger partial charge on any atom is 0.490 e. The number of anilines is 1. The molecule has 3 aromatic rings. The highest BCUT2D eigenvalue weighted by molar-refractivity contribution is 5.89. The van der Waals surface area contributed by atoms with E-state index in [4.69, 9.17) is 24.4 Å². The number of carbonyl (C=O) groups is 2. The molecule has 1 spiro atoms. The minimum atomic E-state index is -5.08. The molecule has 2 saturated heterocycles. The molecule has 0 aliphatic carbocycles. The van der Waals surface area contributed by atoms with Crippen LogP contribution >= 0.6 is 0 Å². The molecule has 0 radical (unpaired) electrons. The van der Waals surface area contributed by atoms with E-state index in [1.54, 1.807) is 20.5 Å². The van der Waals surface area contributed by atoms with Crippen LogP contribution in [0.4, 0.5) is 19.0 Å². The number of amides is 1. The van der Waals surface area contributed by atoms with E-state index >= 15 is 0 Å². The number of carbonyl (C=O) groups excluding carboxylic acids is 1. The second-order valence-corrected chi connectivity index (χ2v) is 10.4. The van der Waals surface area contributed by atoms with Gasteiger partial charge >= 0.3 is 12.1 Å². The molecular formula is C30H35F3N4O5. The van der Waals surface area contributed by atoms with Crippen LogP contribution in [-0.4, -0.2) is 77.4 Å². The monoisotopic (exact) mass is 588 g/mol. The van der Waals surface area contributed by atoms with Gasteiger partial charge < -0.3 is 24.4 Å². The van der Waals surface area contributed by atoms with Crippen molar-refractivity contribution in [2.24, 2.45) is 0 Å². The summed E-state index contributed by atoms with van der Waals surface area (Å²) >= 11 is 0. The third kappa shape index (κ3) is 7.03. The SMILES string of the molecule is COc1ccc(CCC(=O)N2CCCC3(CCCN3c3ncnc4ccccc34)CC2)c(OC)c1.O=C(O)C(F)(F)F. The van der Waals surface area contributed by atoms with Crippen LogP contribution in [-0.2, 0) is 16.0 Å². The van der Waals surface area contributed by atoms with Crippen molar-refractivity contribution < 1.29 is 37.3 Å². The zero-order valence-electron chi connectivity index (χ0n) is 23.7. The predicted molar refractivity (Wildman–Crippen MR) is 151 cm³/mol. The molecule has 1 amide bonds. The number of ether oxygens (including phenoxy) is 2. The van der Waals surface area contributed by atoms with Crippen LogP contribution in [0.15, 0.2) is 48.8 Å². The molecule has 1 aromatic heterocycles. The van der Waals surface area contributed by atoms with Crippen LogP contribution in [0.5, 0.6) is 11.5 Å². The van der Waals surface area contributed by atoms with Crippen LogP contribution in [0.1, 0.15) is 44.1 Å². The number of rotatable bonds is 6. The summed E-state index contributed by atoms with van der Waals surface area (Å²) in [6.07, 6.45) is 3.12. The van der Waals surface area contributed by atoms with E-state index in [0.717, 1.165) is 85.5 Å². The zero-order valence-corrected chi connectivity index (χ0v) is 23.7. The second-order valence-electron chi connectivity index (χ2n) is 10.4. The number of benzene rings is 2. The van der Waals surface area contributed by atoms with Crippen LogP contribution in [0.3, 0.4) is 0 Å². The number of aliphatic carboxylic acids is 1. The number of alkyl halides is 3. The molecule has 12 heteroatoms. The average molecular weight is 589 g/mol. The van der Waals surface area contributed by atoms with E-state index < -0.39 is 12.1 Å². The Morgan fingerprint density at radius 1 is 0.976 bits per heavy atom. The number of carboxylic acids is 1. The summed E-state index contributed by atoms with van der Waals surface area (Å²) in [4.78, 5) is 35.9. The van der Waals surface area contributed by atoms with Crippen molar-refractivity contribution in [2.45, 2.75) is 56.7 Å². The van der Waals surface area contributed by atoms with Gasteiger partial charge in [0, 0.05) is 43.0 Å². The molecule has 2 aliphatic rings. The quantitative estimate of drug-likeness (QED) is 0.416. The van der Waals surface area contributed by atoms with Gasteiger partial charge in [-0.3, -0.25) is 4.79 Å². The Bertz CT molecular complexity index is 1400. The fourth-order valence-electron chi connectivity index (χ4n) is 5.88. The Kier molecular flexibility index (Phi) is 9.74. The fraction of sp³-hybridized carbons (Fsp3) is 0.467. The largest absolute Gasteiger partial charge is 0.497 e.